The summed E-state index contributed by atoms with van der Waals surface area (Å²) in [6, 6.07) is 6.02. The molecule has 92 valence electrons. The average Bonchev–Trinajstić information content (AvgIpc) is 2.77. The molecule has 0 spiro atoms. The molecule has 1 aromatic carbocycles. The number of rotatable bonds is 3. The lowest BCUT2D eigenvalue weighted by Crippen LogP contribution is -2.38. The van der Waals surface area contributed by atoms with Gasteiger partial charge in [0.2, 0.25) is 5.91 Å². The van der Waals surface area contributed by atoms with E-state index in [-0.39, 0.29) is 30.8 Å². The van der Waals surface area contributed by atoms with E-state index < -0.39 is 0 Å². The number of benzene rings is 1. The van der Waals surface area contributed by atoms with Gasteiger partial charge in [0.15, 0.2) is 0 Å². The van der Waals surface area contributed by atoms with Gasteiger partial charge in [0.1, 0.15) is 5.82 Å². The van der Waals surface area contributed by atoms with Crippen molar-refractivity contribution in [3.8, 4) is 0 Å². The number of nitrogens with zero attached hydrogens (tertiary/aromatic N) is 1. The number of aliphatic hydroxyl groups excluding tert-OH is 1. The minimum absolute atomic E-state index is 0.00882. The number of amides is 1. The lowest BCUT2D eigenvalue weighted by molar-refractivity contribution is -0.131. The SMILES string of the molecule is O=C(Cc1cccc(F)c1)N1CCC[C@@H]1CO. The summed E-state index contributed by atoms with van der Waals surface area (Å²) >= 11 is 0. The van der Waals surface area contributed by atoms with Crippen LogP contribution in [0.5, 0.6) is 0 Å². The lowest BCUT2D eigenvalue weighted by Gasteiger charge is -2.23. The molecule has 1 fully saturated rings. The molecule has 1 aliphatic rings. The zero-order valence-electron chi connectivity index (χ0n) is 9.60. The van der Waals surface area contributed by atoms with Gasteiger partial charge in [-0.3, -0.25) is 4.79 Å². The van der Waals surface area contributed by atoms with E-state index >= 15 is 0 Å². The van der Waals surface area contributed by atoms with Crippen molar-refractivity contribution in [3.05, 3.63) is 35.6 Å². The average molecular weight is 237 g/mol. The molecule has 1 atom stereocenters. The van der Waals surface area contributed by atoms with Gasteiger partial charge in [-0.1, -0.05) is 12.1 Å². The molecule has 3 nitrogen and oxygen atoms in total. The van der Waals surface area contributed by atoms with E-state index in [2.05, 4.69) is 0 Å². The van der Waals surface area contributed by atoms with Crippen molar-refractivity contribution in [2.45, 2.75) is 25.3 Å². The highest BCUT2D eigenvalue weighted by Crippen LogP contribution is 2.18. The highest BCUT2D eigenvalue weighted by Gasteiger charge is 2.27. The van der Waals surface area contributed by atoms with Gasteiger partial charge in [-0.15, -0.1) is 0 Å². The van der Waals surface area contributed by atoms with Crippen LogP contribution in [0.25, 0.3) is 0 Å². The Labute approximate surface area is 99.9 Å². The standard InChI is InChI=1S/C13H16FNO2/c14-11-4-1-3-10(7-11)8-13(17)15-6-2-5-12(15)9-16/h1,3-4,7,12,16H,2,5-6,8-9H2/t12-/m1/s1. The fourth-order valence-corrected chi connectivity index (χ4v) is 2.28. The molecular formula is C13H16FNO2. The fraction of sp³-hybridized carbons (Fsp3) is 0.462. The first-order valence-electron chi connectivity index (χ1n) is 5.85. The van der Waals surface area contributed by atoms with Crippen molar-refractivity contribution < 1.29 is 14.3 Å². The Morgan fingerprint density at radius 1 is 1.53 bits per heavy atom. The number of halogens is 1. The van der Waals surface area contributed by atoms with Crippen molar-refractivity contribution in [3.63, 3.8) is 0 Å². The second-order valence-electron chi connectivity index (χ2n) is 4.37. The molecule has 0 aliphatic carbocycles. The maximum atomic E-state index is 13.0. The molecule has 0 radical (unpaired) electrons. The van der Waals surface area contributed by atoms with Gasteiger partial charge in [0.25, 0.3) is 0 Å². The zero-order valence-corrected chi connectivity index (χ0v) is 9.60. The Hall–Kier alpha value is -1.42. The Balaban J connectivity index is 2.01. The minimum Gasteiger partial charge on any atom is -0.394 e. The largest absolute Gasteiger partial charge is 0.394 e. The van der Waals surface area contributed by atoms with Crippen LogP contribution in [0.2, 0.25) is 0 Å². The first-order chi connectivity index (χ1) is 8.20. The molecule has 1 heterocycles. The van der Waals surface area contributed by atoms with Crippen molar-refractivity contribution >= 4 is 5.91 Å². The van der Waals surface area contributed by atoms with Crippen LogP contribution in [0.3, 0.4) is 0 Å². The molecule has 1 aliphatic heterocycles. The van der Waals surface area contributed by atoms with E-state index in [0.717, 1.165) is 12.8 Å². The Morgan fingerprint density at radius 2 is 2.35 bits per heavy atom. The summed E-state index contributed by atoms with van der Waals surface area (Å²) in [6.45, 7) is 0.703. The van der Waals surface area contributed by atoms with Crippen LogP contribution >= 0.6 is 0 Å². The van der Waals surface area contributed by atoms with Crippen LogP contribution < -0.4 is 0 Å². The van der Waals surface area contributed by atoms with Crippen LogP contribution in [0.1, 0.15) is 18.4 Å². The van der Waals surface area contributed by atoms with Crippen molar-refractivity contribution in [1.29, 1.82) is 0 Å². The molecule has 1 saturated heterocycles. The van der Waals surface area contributed by atoms with E-state index in [9.17, 15) is 9.18 Å². The molecular weight excluding hydrogens is 221 g/mol. The summed E-state index contributed by atoms with van der Waals surface area (Å²) in [4.78, 5) is 13.7. The van der Waals surface area contributed by atoms with Gasteiger partial charge >= 0.3 is 0 Å². The summed E-state index contributed by atoms with van der Waals surface area (Å²) in [5, 5.41) is 9.14. The smallest absolute Gasteiger partial charge is 0.227 e. The summed E-state index contributed by atoms with van der Waals surface area (Å²) in [6.07, 6.45) is 1.99. The molecule has 1 aromatic rings. The predicted molar refractivity (Wildman–Crippen MR) is 61.9 cm³/mol. The minimum atomic E-state index is -0.324. The summed E-state index contributed by atoms with van der Waals surface area (Å²) in [7, 11) is 0. The van der Waals surface area contributed by atoms with E-state index in [0.29, 0.717) is 12.1 Å². The van der Waals surface area contributed by atoms with Crippen LogP contribution in [0.15, 0.2) is 24.3 Å². The highest BCUT2D eigenvalue weighted by atomic mass is 19.1. The van der Waals surface area contributed by atoms with Gasteiger partial charge in [0, 0.05) is 6.54 Å². The number of hydrogen-bond donors (Lipinski definition) is 1. The number of aliphatic hydroxyl groups is 1. The second-order valence-corrected chi connectivity index (χ2v) is 4.37. The molecule has 0 saturated carbocycles. The van der Waals surface area contributed by atoms with E-state index in [1.54, 1.807) is 17.0 Å². The van der Waals surface area contributed by atoms with Crippen LogP contribution in [-0.4, -0.2) is 35.1 Å². The summed E-state index contributed by atoms with van der Waals surface area (Å²) in [5.41, 5.74) is 0.679. The van der Waals surface area contributed by atoms with Gasteiger partial charge in [-0.2, -0.15) is 0 Å². The van der Waals surface area contributed by atoms with E-state index in [4.69, 9.17) is 5.11 Å². The topological polar surface area (TPSA) is 40.5 Å². The van der Waals surface area contributed by atoms with Gasteiger partial charge in [-0.05, 0) is 30.5 Å². The molecule has 0 bridgehead atoms. The lowest BCUT2D eigenvalue weighted by atomic mass is 10.1. The van der Waals surface area contributed by atoms with Crippen molar-refractivity contribution in [1.82, 2.24) is 4.90 Å². The molecule has 0 unspecified atom stereocenters. The van der Waals surface area contributed by atoms with Crippen molar-refractivity contribution in [2.24, 2.45) is 0 Å². The van der Waals surface area contributed by atoms with Crippen LogP contribution in [-0.2, 0) is 11.2 Å². The molecule has 2 rings (SSSR count). The number of carbonyl (C=O) groups is 1. The third kappa shape index (κ3) is 2.82. The first kappa shape index (κ1) is 12.0. The van der Waals surface area contributed by atoms with Gasteiger partial charge in [0.05, 0.1) is 19.1 Å². The zero-order chi connectivity index (χ0) is 12.3. The quantitative estimate of drug-likeness (QED) is 0.862. The first-order valence-corrected chi connectivity index (χ1v) is 5.85. The van der Waals surface area contributed by atoms with E-state index in [1.165, 1.54) is 12.1 Å². The number of hydrogen-bond acceptors (Lipinski definition) is 2. The molecule has 0 aromatic heterocycles. The van der Waals surface area contributed by atoms with Crippen LogP contribution in [0, 0.1) is 5.82 Å². The summed E-state index contributed by atoms with van der Waals surface area (Å²) in [5.74, 6) is -0.359. The fourth-order valence-electron chi connectivity index (χ4n) is 2.28. The third-order valence-corrected chi connectivity index (χ3v) is 3.15. The molecule has 17 heavy (non-hydrogen) atoms. The molecule has 1 N–H and O–H groups in total. The van der Waals surface area contributed by atoms with Crippen LogP contribution in [0.4, 0.5) is 4.39 Å². The third-order valence-electron chi connectivity index (χ3n) is 3.15. The second kappa shape index (κ2) is 5.27. The van der Waals surface area contributed by atoms with Gasteiger partial charge < -0.3 is 10.0 Å². The molecule has 4 heteroatoms. The van der Waals surface area contributed by atoms with Gasteiger partial charge in [-0.25, -0.2) is 4.39 Å². The van der Waals surface area contributed by atoms with E-state index in [1.807, 2.05) is 0 Å². The van der Waals surface area contributed by atoms with Crippen molar-refractivity contribution in [2.75, 3.05) is 13.2 Å². The Bertz CT molecular complexity index is 408. The normalized spacial score (nSPS) is 19.6. The maximum Gasteiger partial charge on any atom is 0.227 e. The monoisotopic (exact) mass is 237 g/mol. The molecule has 1 amide bonds. The Kier molecular flexibility index (Phi) is 3.74. The Morgan fingerprint density at radius 3 is 3.06 bits per heavy atom. The number of likely N-dealkylation sites (tertiary alicyclic amines) is 1. The summed E-state index contributed by atoms with van der Waals surface area (Å²) < 4.78 is 13.0. The number of carbonyl (C=O) groups excluding carboxylic acids is 1. The maximum absolute atomic E-state index is 13.0. The highest BCUT2D eigenvalue weighted by molar-refractivity contribution is 5.79. The predicted octanol–water partition coefficient (Wildman–Crippen LogP) is 1.35.